The minimum atomic E-state index is -0.0219. The number of nitrogens with one attached hydrogen (secondary N) is 1. The summed E-state index contributed by atoms with van der Waals surface area (Å²) in [6.45, 7) is 3.77. The molecule has 2 aromatic carbocycles. The normalized spacial score (nSPS) is 10.2. The number of benzene rings is 2. The van der Waals surface area contributed by atoms with Crippen LogP contribution in [0, 0.1) is 6.92 Å². The molecule has 104 valence electrons. The van der Waals surface area contributed by atoms with Crippen LogP contribution in [0.25, 0.3) is 0 Å². The van der Waals surface area contributed by atoms with Crippen molar-refractivity contribution >= 4 is 23.2 Å². The van der Waals surface area contributed by atoms with E-state index in [1.54, 1.807) is 24.3 Å². The molecule has 1 amide bonds. The number of ether oxygens (including phenoxy) is 1. The molecular formula is C16H16ClNO2. The molecule has 2 rings (SSSR count). The molecule has 0 unspecified atom stereocenters. The van der Waals surface area contributed by atoms with Crippen LogP contribution in [-0.4, -0.2) is 5.91 Å². The SMILES string of the molecule is CCC(=O)Nc1ccc(C)c(Oc2ccc(Cl)cc2)c1. The largest absolute Gasteiger partial charge is 0.457 e. The van der Waals surface area contributed by atoms with E-state index < -0.39 is 0 Å². The molecule has 0 bridgehead atoms. The summed E-state index contributed by atoms with van der Waals surface area (Å²) in [5.41, 5.74) is 1.72. The van der Waals surface area contributed by atoms with Gasteiger partial charge in [-0.3, -0.25) is 4.79 Å². The molecule has 0 saturated carbocycles. The van der Waals surface area contributed by atoms with Crippen molar-refractivity contribution in [2.24, 2.45) is 0 Å². The average molecular weight is 290 g/mol. The van der Waals surface area contributed by atoms with Crippen molar-refractivity contribution in [2.75, 3.05) is 5.32 Å². The van der Waals surface area contributed by atoms with Crippen LogP contribution in [0.4, 0.5) is 5.69 Å². The number of aryl methyl sites for hydroxylation is 1. The number of carbonyl (C=O) groups is 1. The summed E-state index contributed by atoms with van der Waals surface area (Å²) in [6.07, 6.45) is 0.446. The quantitative estimate of drug-likeness (QED) is 0.879. The first-order valence-electron chi connectivity index (χ1n) is 6.42. The summed E-state index contributed by atoms with van der Waals surface area (Å²) in [7, 11) is 0. The monoisotopic (exact) mass is 289 g/mol. The van der Waals surface area contributed by atoms with Crippen LogP contribution in [0.5, 0.6) is 11.5 Å². The molecule has 0 spiro atoms. The fraction of sp³-hybridized carbons (Fsp3) is 0.188. The third kappa shape index (κ3) is 3.75. The van der Waals surface area contributed by atoms with E-state index in [-0.39, 0.29) is 5.91 Å². The van der Waals surface area contributed by atoms with Crippen molar-refractivity contribution < 1.29 is 9.53 Å². The average Bonchev–Trinajstić information content (AvgIpc) is 2.45. The first-order chi connectivity index (χ1) is 9.58. The molecule has 0 aliphatic heterocycles. The van der Waals surface area contributed by atoms with Crippen LogP contribution in [0.2, 0.25) is 5.02 Å². The van der Waals surface area contributed by atoms with Crippen LogP contribution in [0.15, 0.2) is 42.5 Å². The molecule has 0 atom stereocenters. The topological polar surface area (TPSA) is 38.3 Å². The van der Waals surface area contributed by atoms with Gasteiger partial charge in [0.1, 0.15) is 11.5 Å². The molecule has 0 saturated heterocycles. The molecule has 2 aromatic rings. The summed E-state index contributed by atoms with van der Waals surface area (Å²) in [5.74, 6) is 1.39. The number of halogens is 1. The molecule has 0 radical (unpaired) electrons. The lowest BCUT2D eigenvalue weighted by molar-refractivity contribution is -0.115. The van der Waals surface area contributed by atoms with E-state index in [9.17, 15) is 4.79 Å². The summed E-state index contributed by atoms with van der Waals surface area (Å²) in [5, 5.41) is 3.48. The van der Waals surface area contributed by atoms with E-state index in [0.717, 1.165) is 11.3 Å². The number of anilines is 1. The maximum absolute atomic E-state index is 11.4. The number of hydrogen-bond donors (Lipinski definition) is 1. The van der Waals surface area contributed by atoms with Crippen molar-refractivity contribution in [1.29, 1.82) is 0 Å². The maximum Gasteiger partial charge on any atom is 0.224 e. The van der Waals surface area contributed by atoms with E-state index >= 15 is 0 Å². The van der Waals surface area contributed by atoms with Crippen LogP contribution < -0.4 is 10.1 Å². The molecule has 0 aliphatic rings. The molecular weight excluding hydrogens is 274 g/mol. The fourth-order valence-electron chi connectivity index (χ4n) is 1.67. The highest BCUT2D eigenvalue weighted by molar-refractivity contribution is 6.30. The molecule has 4 heteroatoms. The molecule has 0 aliphatic carbocycles. The fourth-order valence-corrected chi connectivity index (χ4v) is 1.79. The Morgan fingerprint density at radius 1 is 1.20 bits per heavy atom. The van der Waals surface area contributed by atoms with Crippen LogP contribution in [-0.2, 0) is 4.79 Å². The zero-order valence-corrected chi connectivity index (χ0v) is 12.2. The number of carbonyl (C=O) groups excluding carboxylic acids is 1. The van der Waals surface area contributed by atoms with Gasteiger partial charge >= 0.3 is 0 Å². The maximum atomic E-state index is 11.4. The van der Waals surface area contributed by atoms with E-state index in [1.807, 2.05) is 32.0 Å². The Morgan fingerprint density at radius 2 is 1.90 bits per heavy atom. The lowest BCUT2D eigenvalue weighted by atomic mass is 10.2. The van der Waals surface area contributed by atoms with Crippen molar-refractivity contribution in [3.8, 4) is 11.5 Å². The van der Waals surface area contributed by atoms with Gasteiger partial charge in [0.05, 0.1) is 0 Å². The van der Waals surface area contributed by atoms with Gasteiger partial charge < -0.3 is 10.1 Å². The Labute approximate surface area is 123 Å². The highest BCUT2D eigenvalue weighted by atomic mass is 35.5. The predicted octanol–water partition coefficient (Wildman–Crippen LogP) is 4.79. The first-order valence-corrected chi connectivity index (χ1v) is 6.80. The third-order valence-corrected chi connectivity index (χ3v) is 3.09. The molecule has 1 N–H and O–H groups in total. The third-order valence-electron chi connectivity index (χ3n) is 2.83. The Kier molecular flexibility index (Phi) is 4.64. The summed E-state index contributed by atoms with van der Waals surface area (Å²) in [4.78, 5) is 11.4. The highest BCUT2D eigenvalue weighted by Gasteiger charge is 2.05. The zero-order chi connectivity index (χ0) is 14.5. The molecule has 0 aromatic heterocycles. The smallest absolute Gasteiger partial charge is 0.224 e. The lowest BCUT2D eigenvalue weighted by Gasteiger charge is -2.11. The van der Waals surface area contributed by atoms with Crippen LogP contribution in [0.1, 0.15) is 18.9 Å². The van der Waals surface area contributed by atoms with Gasteiger partial charge in [-0.25, -0.2) is 0 Å². The van der Waals surface area contributed by atoms with E-state index in [4.69, 9.17) is 16.3 Å². The van der Waals surface area contributed by atoms with Gasteiger partial charge in [0, 0.05) is 23.2 Å². The standard InChI is InChI=1S/C16H16ClNO2/c1-3-16(19)18-13-7-4-11(2)15(10-13)20-14-8-5-12(17)6-9-14/h4-10H,3H2,1-2H3,(H,18,19). The molecule has 20 heavy (non-hydrogen) atoms. The van der Waals surface area contributed by atoms with E-state index in [1.165, 1.54) is 0 Å². The van der Waals surface area contributed by atoms with Gasteiger partial charge in [-0.1, -0.05) is 24.6 Å². The van der Waals surface area contributed by atoms with Crippen molar-refractivity contribution in [3.63, 3.8) is 0 Å². The predicted molar refractivity (Wildman–Crippen MR) is 81.6 cm³/mol. The van der Waals surface area contributed by atoms with Gasteiger partial charge in [0.2, 0.25) is 5.91 Å². The number of rotatable bonds is 4. The first kappa shape index (κ1) is 14.4. The second-order valence-electron chi connectivity index (χ2n) is 4.44. The Balaban J connectivity index is 2.20. The minimum absolute atomic E-state index is 0.0219. The van der Waals surface area contributed by atoms with Crippen molar-refractivity contribution in [3.05, 3.63) is 53.1 Å². The van der Waals surface area contributed by atoms with Crippen LogP contribution >= 0.6 is 11.6 Å². The second kappa shape index (κ2) is 6.44. The van der Waals surface area contributed by atoms with Gasteiger partial charge in [-0.2, -0.15) is 0 Å². The second-order valence-corrected chi connectivity index (χ2v) is 4.87. The molecule has 3 nitrogen and oxygen atoms in total. The highest BCUT2D eigenvalue weighted by Crippen LogP contribution is 2.28. The van der Waals surface area contributed by atoms with Gasteiger partial charge in [0.15, 0.2) is 0 Å². The molecule has 0 fully saturated rings. The zero-order valence-electron chi connectivity index (χ0n) is 11.4. The Hall–Kier alpha value is -2.00. The van der Waals surface area contributed by atoms with Crippen molar-refractivity contribution in [2.45, 2.75) is 20.3 Å². The number of hydrogen-bond acceptors (Lipinski definition) is 2. The van der Waals surface area contributed by atoms with Crippen molar-refractivity contribution in [1.82, 2.24) is 0 Å². The Morgan fingerprint density at radius 3 is 2.55 bits per heavy atom. The summed E-state index contributed by atoms with van der Waals surface area (Å²) in [6, 6.07) is 12.7. The number of amides is 1. The summed E-state index contributed by atoms with van der Waals surface area (Å²) >= 11 is 5.84. The van der Waals surface area contributed by atoms with E-state index in [0.29, 0.717) is 22.9 Å². The molecule has 0 heterocycles. The van der Waals surface area contributed by atoms with Gasteiger partial charge in [-0.15, -0.1) is 0 Å². The Bertz CT molecular complexity index is 608. The lowest BCUT2D eigenvalue weighted by Crippen LogP contribution is -2.09. The van der Waals surface area contributed by atoms with E-state index in [2.05, 4.69) is 5.32 Å². The van der Waals surface area contributed by atoms with Gasteiger partial charge in [-0.05, 0) is 42.8 Å². The minimum Gasteiger partial charge on any atom is -0.457 e. The van der Waals surface area contributed by atoms with Crippen LogP contribution in [0.3, 0.4) is 0 Å². The summed E-state index contributed by atoms with van der Waals surface area (Å²) < 4.78 is 5.81. The van der Waals surface area contributed by atoms with Gasteiger partial charge in [0.25, 0.3) is 0 Å².